The van der Waals surface area contributed by atoms with E-state index in [0.29, 0.717) is 29.2 Å². The van der Waals surface area contributed by atoms with Crippen LogP contribution < -0.4 is 9.47 Å². The molecule has 0 atom stereocenters. The molecule has 1 aliphatic heterocycles. The van der Waals surface area contributed by atoms with Crippen molar-refractivity contribution >= 4 is 33.5 Å². The number of hydrogen-bond donors (Lipinski definition) is 0. The van der Waals surface area contributed by atoms with Crippen molar-refractivity contribution in [2.45, 2.75) is 6.61 Å². The van der Waals surface area contributed by atoms with Gasteiger partial charge in [0.05, 0.1) is 10.5 Å². The highest BCUT2D eigenvalue weighted by atomic mass is 79.9. The van der Waals surface area contributed by atoms with Gasteiger partial charge >= 0.3 is 0 Å². The molecule has 144 valence electrons. The average molecular weight is 452 g/mol. The smallest absolute Gasteiger partial charge is 0.269 e. The summed E-state index contributed by atoms with van der Waals surface area (Å²) in [6.45, 7) is 0.394. The lowest BCUT2D eigenvalue weighted by Gasteiger charge is -2.07. The summed E-state index contributed by atoms with van der Waals surface area (Å²) in [4.78, 5) is 22.8. The number of non-ortho nitro benzene ring substituents is 1. The van der Waals surface area contributed by atoms with E-state index in [9.17, 15) is 14.9 Å². The Bertz CT molecular complexity index is 1120. The van der Waals surface area contributed by atoms with E-state index in [1.807, 2.05) is 24.3 Å². The maximum atomic E-state index is 12.6. The highest BCUT2D eigenvalue weighted by Crippen LogP contribution is 2.35. The maximum Gasteiger partial charge on any atom is 0.269 e. The van der Waals surface area contributed by atoms with E-state index in [1.54, 1.807) is 36.4 Å². The van der Waals surface area contributed by atoms with E-state index in [4.69, 9.17) is 9.47 Å². The summed E-state index contributed by atoms with van der Waals surface area (Å²) in [5, 5.41) is 10.7. The van der Waals surface area contributed by atoms with E-state index >= 15 is 0 Å². The number of hydrogen-bond acceptors (Lipinski definition) is 5. The van der Waals surface area contributed by atoms with Crippen molar-refractivity contribution in [3.05, 3.63) is 104 Å². The maximum absolute atomic E-state index is 12.6. The van der Waals surface area contributed by atoms with Gasteiger partial charge < -0.3 is 9.47 Å². The van der Waals surface area contributed by atoms with Gasteiger partial charge in [0.1, 0.15) is 18.1 Å². The highest BCUT2D eigenvalue weighted by molar-refractivity contribution is 9.10. The fourth-order valence-electron chi connectivity index (χ4n) is 2.85. The summed E-state index contributed by atoms with van der Waals surface area (Å²) >= 11 is 3.40. The molecule has 3 aromatic carbocycles. The van der Waals surface area contributed by atoms with Crippen molar-refractivity contribution in [2.75, 3.05) is 0 Å². The Labute approximate surface area is 174 Å². The Kier molecular flexibility index (Phi) is 5.14. The molecule has 0 fully saturated rings. The SMILES string of the molecule is O=C1/C(=C/c2ccc([N+](=O)[O-])cc2)Oc2cc(OCc3ccc(Br)cc3)ccc21. The molecule has 29 heavy (non-hydrogen) atoms. The number of nitrogens with zero attached hydrogens (tertiary/aromatic N) is 1. The number of halogens is 1. The highest BCUT2D eigenvalue weighted by Gasteiger charge is 2.27. The van der Waals surface area contributed by atoms with Crippen LogP contribution in [-0.4, -0.2) is 10.7 Å². The summed E-state index contributed by atoms with van der Waals surface area (Å²) in [5.41, 5.74) is 2.10. The van der Waals surface area contributed by atoms with Gasteiger partial charge in [0.2, 0.25) is 5.78 Å². The predicted molar refractivity (Wildman–Crippen MR) is 111 cm³/mol. The first kappa shape index (κ1) is 18.9. The van der Waals surface area contributed by atoms with Gasteiger partial charge in [0.25, 0.3) is 5.69 Å². The topological polar surface area (TPSA) is 78.7 Å². The largest absolute Gasteiger partial charge is 0.489 e. The number of nitro groups is 1. The third-order valence-electron chi connectivity index (χ3n) is 4.36. The second-order valence-electron chi connectivity index (χ2n) is 6.36. The van der Waals surface area contributed by atoms with Crippen LogP contribution in [-0.2, 0) is 6.61 Å². The number of allylic oxidation sites excluding steroid dienone is 1. The van der Waals surface area contributed by atoms with Gasteiger partial charge in [-0.2, -0.15) is 0 Å². The number of fused-ring (bicyclic) bond motifs is 1. The number of rotatable bonds is 5. The molecular weight excluding hydrogens is 438 g/mol. The molecule has 0 bridgehead atoms. The molecule has 0 saturated heterocycles. The molecule has 0 spiro atoms. The molecule has 0 N–H and O–H groups in total. The first-order valence-corrected chi connectivity index (χ1v) is 9.49. The average Bonchev–Trinajstić information content (AvgIpc) is 3.03. The van der Waals surface area contributed by atoms with E-state index < -0.39 is 4.92 Å². The van der Waals surface area contributed by atoms with Crippen LogP contribution in [0.4, 0.5) is 5.69 Å². The van der Waals surface area contributed by atoms with Crippen molar-refractivity contribution in [3.63, 3.8) is 0 Å². The van der Waals surface area contributed by atoms with E-state index in [-0.39, 0.29) is 17.2 Å². The van der Waals surface area contributed by atoms with E-state index in [1.165, 1.54) is 12.1 Å². The summed E-state index contributed by atoms with van der Waals surface area (Å²) in [6.07, 6.45) is 1.56. The van der Waals surface area contributed by atoms with Gasteiger partial charge in [-0.3, -0.25) is 14.9 Å². The standard InChI is InChI=1S/C22H14BrNO5/c23-16-5-1-15(2-6-16)13-28-18-9-10-19-20(12-18)29-21(22(19)25)11-14-3-7-17(8-4-14)24(26)27/h1-12H,13H2/b21-11-. The third-order valence-corrected chi connectivity index (χ3v) is 4.89. The third kappa shape index (κ3) is 4.20. The molecule has 0 radical (unpaired) electrons. The number of benzene rings is 3. The Balaban J connectivity index is 1.49. The van der Waals surface area contributed by atoms with Crippen LogP contribution in [0, 0.1) is 10.1 Å². The molecule has 7 heteroatoms. The predicted octanol–water partition coefficient (Wildman–Crippen LogP) is 5.55. The number of carbonyl (C=O) groups is 1. The molecular formula is C22H14BrNO5. The minimum absolute atomic E-state index is 0.0123. The van der Waals surface area contributed by atoms with Gasteiger partial charge in [-0.1, -0.05) is 28.1 Å². The van der Waals surface area contributed by atoms with Crippen LogP contribution >= 0.6 is 15.9 Å². The molecule has 3 aromatic rings. The number of Topliss-reactive ketones (excluding diaryl/α,β-unsaturated/α-hetero) is 1. The van der Waals surface area contributed by atoms with Crippen LogP contribution in [0.2, 0.25) is 0 Å². The van der Waals surface area contributed by atoms with Crippen molar-refractivity contribution in [2.24, 2.45) is 0 Å². The second kappa shape index (κ2) is 7.89. The van der Waals surface area contributed by atoms with Gasteiger partial charge in [0, 0.05) is 22.7 Å². The molecule has 0 saturated carbocycles. The number of ether oxygens (including phenoxy) is 2. The van der Waals surface area contributed by atoms with Crippen LogP contribution in [0.3, 0.4) is 0 Å². The number of ketones is 1. The van der Waals surface area contributed by atoms with Crippen molar-refractivity contribution < 1.29 is 19.2 Å². The van der Waals surface area contributed by atoms with Crippen LogP contribution in [0.25, 0.3) is 6.08 Å². The summed E-state index contributed by atoms with van der Waals surface area (Å²) in [5.74, 6) is 0.948. The normalized spacial score (nSPS) is 13.8. The number of carbonyl (C=O) groups excluding carboxylic acids is 1. The van der Waals surface area contributed by atoms with Crippen LogP contribution in [0.1, 0.15) is 21.5 Å². The Morgan fingerprint density at radius 1 is 1.03 bits per heavy atom. The zero-order valence-corrected chi connectivity index (χ0v) is 16.6. The second-order valence-corrected chi connectivity index (χ2v) is 7.28. The zero-order valence-electron chi connectivity index (χ0n) is 15.0. The Hall–Kier alpha value is -3.45. The van der Waals surface area contributed by atoms with E-state index in [0.717, 1.165) is 10.0 Å². The summed E-state index contributed by atoms with van der Waals surface area (Å²) in [7, 11) is 0. The van der Waals surface area contributed by atoms with Crippen molar-refractivity contribution in [3.8, 4) is 11.5 Å². The summed E-state index contributed by atoms with van der Waals surface area (Å²) < 4.78 is 12.5. The van der Waals surface area contributed by atoms with E-state index in [2.05, 4.69) is 15.9 Å². The molecule has 0 aromatic heterocycles. The molecule has 6 nitrogen and oxygen atoms in total. The fourth-order valence-corrected chi connectivity index (χ4v) is 3.11. The quantitative estimate of drug-likeness (QED) is 0.288. The van der Waals surface area contributed by atoms with Crippen molar-refractivity contribution in [1.29, 1.82) is 0 Å². The lowest BCUT2D eigenvalue weighted by atomic mass is 10.1. The monoisotopic (exact) mass is 451 g/mol. The molecule has 1 aliphatic rings. The molecule has 0 amide bonds. The Morgan fingerprint density at radius 3 is 2.45 bits per heavy atom. The van der Waals surface area contributed by atoms with Crippen LogP contribution in [0.5, 0.6) is 11.5 Å². The number of nitro benzene ring substituents is 1. The van der Waals surface area contributed by atoms with Crippen LogP contribution in [0.15, 0.2) is 77.0 Å². The molecule has 4 rings (SSSR count). The molecule has 1 heterocycles. The van der Waals surface area contributed by atoms with Gasteiger partial charge in [0.15, 0.2) is 5.76 Å². The molecule has 0 aliphatic carbocycles. The van der Waals surface area contributed by atoms with Gasteiger partial charge in [-0.05, 0) is 53.6 Å². The Morgan fingerprint density at radius 2 is 1.76 bits per heavy atom. The zero-order chi connectivity index (χ0) is 20.4. The minimum atomic E-state index is -0.472. The molecule has 0 unspecified atom stereocenters. The van der Waals surface area contributed by atoms with Gasteiger partial charge in [-0.15, -0.1) is 0 Å². The lowest BCUT2D eigenvalue weighted by molar-refractivity contribution is -0.384. The first-order chi connectivity index (χ1) is 14.0. The van der Waals surface area contributed by atoms with Gasteiger partial charge in [-0.25, -0.2) is 0 Å². The van der Waals surface area contributed by atoms with Crippen molar-refractivity contribution in [1.82, 2.24) is 0 Å². The fraction of sp³-hybridized carbons (Fsp3) is 0.0455. The minimum Gasteiger partial charge on any atom is -0.489 e. The summed E-state index contributed by atoms with van der Waals surface area (Å²) in [6, 6.07) is 18.8. The lowest BCUT2D eigenvalue weighted by Crippen LogP contribution is -1.98. The first-order valence-electron chi connectivity index (χ1n) is 8.69.